The molecule has 1 amide bonds. The van der Waals surface area contributed by atoms with Crippen LogP contribution in [0.4, 0.5) is 0 Å². The van der Waals surface area contributed by atoms with Gasteiger partial charge in [-0.1, -0.05) is 0 Å². The molecule has 0 aromatic heterocycles. The third-order valence-electron chi connectivity index (χ3n) is 4.64. The van der Waals surface area contributed by atoms with E-state index in [0.29, 0.717) is 6.42 Å². The number of hydrogen-bond acceptors (Lipinski definition) is 4. The Morgan fingerprint density at radius 1 is 1.23 bits per heavy atom. The van der Waals surface area contributed by atoms with E-state index in [-0.39, 0.29) is 11.9 Å². The Balaban J connectivity index is 1.82. The molecule has 5 nitrogen and oxygen atoms in total. The third kappa shape index (κ3) is 2.90. The minimum absolute atomic E-state index is 0.0663. The number of fused-ring (bicyclic) bond motifs is 1. The van der Waals surface area contributed by atoms with Crippen molar-refractivity contribution in [2.24, 2.45) is 0 Å². The Bertz CT molecular complexity index is 553. The first-order chi connectivity index (χ1) is 10.7. The monoisotopic (exact) mass is 304 g/mol. The van der Waals surface area contributed by atoms with Gasteiger partial charge in [0.15, 0.2) is 11.5 Å². The molecule has 3 rings (SSSR count). The van der Waals surface area contributed by atoms with E-state index in [1.165, 1.54) is 5.56 Å². The predicted molar refractivity (Wildman–Crippen MR) is 84.4 cm³/mol. The lowest BCUT2D eigenvalue weighted by Gasteiger charge is -2.29. The fourth-order valence-corrected chi connectivity index (χ4v) is 3.42. The molecule has 2 heterocycles. The van der Waals surface area contributed by atoms with Crippen LogP contribution < -0.4 is 14.8 Å². The normalized spacial score (nSPS) is 20.6. The van der Waals surface area contributed by atoms with E-state index in [1.807, 2.05) is 17.0 Å². The Hall–Kier alpha value is -1.75. The molecule has 0 saturated carbocycles. The van der Waals surface area contributed by atoms with Crippen LogP contribution >= 0.6 is 0 Å². The highest BCUT2D eigenvalue weighted by atomic mass is 16.5. The lowest BCUT2D eigenvalue weighted by Crippen LogP contribution is -2.36. The van der Waals surface area contributed by atoms with Crippen molar-refractivity contribution < 1.29 is 14.3 Å². The van der Waals surface area contributed by atoms with E-state index < -0.39 is 0 Å². The molecule has 2 aliphatic heterocycles. The maximum atomic E-state index is 12.4. The summed E-state index contributed by atoms with van der Waals surface area (Å²) in [7, 11) is 3.30. The van der Waals surface area contributed by atoms with Gasteiger partial charge in [-0.3, -0.25) is 4.79 Å². The molecular weight excluding hydrogens is 280 g/mol. The Kier molecular flexibility index (Phi) is 4.52. The number of hydrogen-bond donors (Lipinski definition) is 1. The van der Waals surface area contributed by atoms with Crippen LogP contribution in [0.5, 0.6) is 11.5 Å². The largest absolute Gasteiger partial charge is 0.493 e. The maximum Gasteiger partial charge on any atom is 0.224 e. The smallest absolute Gasteiger partial charge is 0.224 e. The van der Waals surface area contributed by atoms with Crippen molar-refractivity contribution in [1.29, 1.82) is 0 Å². The topological polar surface area (TPSA) is 50.8 Å². The zero-order valence-electron chi connectivity index (χ0n) is 13.4. The summed E-state index contributed by atoms with van der Waals surface area (Å²) in [5.74, 6) is 1.73. The highest BCUT2D eigenvalue weighted by molar-refractivity contribution is 5.77. The van der Waals surface area contributed by atoms with E-state index in [0.717, 1.165) is 56.0 Å². The van der Waals surface area contributed by atoms with E-state index >= 15 is 0 Å². The van der Waals surface area contributed by atoms with Gasteiger partial charge in [-0.05, 0) is 49.1 Å². The Morgan fingerprint density at radius 2 is 1.91 bits per heavy atom. The Labute approximate surface area is 131 Å². The van der Waals surface area contributed by atoms with E-state index in [4.69, 9.17) is 9.47 Å². The number of rotatable bonds is 4. The van der Waals surface area contributed by atoms with Crippen molar-refractivity contribution in [3.63, 3.8) is 0 Å². The summed E-state index contributed by atoms with van der Waals surface area (Å²) in [6.45, 7) is 2.70. The molecule has 120 valence electrons. The van der Waals surface area contributed by atoms with Crippen LogP contribution in [-0.2, 0) is 11.2 Å². The van der Waals surface area contributed by atoms with Crippen LogP contribution in [0.1, 0.15) is 36.4 Å². The Morgan fingerprint density at radius 3 is 2.59 bits per heavy atom. The van der Waals surface area contributed by atoms with E-state index in [1.54, 1.807) is 14.2 Å². The molecular formula is C17H24N2O3. The third-order valence-corrected chi connectivity index (χ3v) is 4.64. The first-order valence-corrected chi connectivity index (χ1v) is 7.99. The van der Waals surface area contributed by atoms with Gasteiger partial charge in [0.05, 0.1) is 14.2 Å². The zero-order chi connectivity index (χ0) is 15.5. The fourth-order valence-electron chi connectivity index (χ4n) is 3.42. The predicted octanol–water partition coefficient (Wildman–Crippen LogP) is 1.90. The second-order valence-electron chi connectivity index (χ2n) is 5.95. The van der Waals surface area contributed by atoms with Gasteiger partial charge in [-0.25, -0.2) is 0 Å². The molecule has 22 heavy (non-hydrogen) atoms. The molecule has 0 bridgehead atoms. The first kappa shape index (κ1) is 15.2. The standard InChI is InChI=1S/C17H24N2O3/c1-21-15-9-12-5-6-18-14(13(12)10-16(15)22-2)11-17(20)19-7-3-4-8-19/h9-10,14,18H,3-8,11H2,1-2H3. The summed E-state index contributed by atoms with van der Waals surface area (Å²) >= 11 is 0. The maximum absolute atomic E-state index is 12.4. The first-order valence-electron chi connectivity index (χ1n) is 7.99. The fraction of sp³-hybridized carbons (Fsp3) is 0.588. The number of benzene rings is 1. The van der Waals surface area contributed by atoms with Gasteiger partial charge in [0.2, 0.25) is 5.91 Å². The summed E-state index contributed by atoms with van der Waals surface area (Å²) in [4.78, 5) is 14.4. The summed E-state index contributed by atoms with van der Waals surface area (Å²) in [5, 5.41) is 3.47. The van der Waals surface area contributed by atoms with Gasteiger partial charge in [-0.15, -0.1) is 0 Å². The molecule has 1 aromatic carbocycles. The lowest BCUT2D eigenvalue weighted by molar-refractivity contribution is -0.130. The van der Waals surface area contributed by atoms with Gasteiger partial charge in [0, 0.05) is 25.6 Å². The van der Waals surface area contributed by atoms with Crippen LogP contribution in [-0.4, -0.2) is 44.7 Å². The number of nitrogens with zero attached hydrogens (tertiary/aromatic N) is 1. The van der Waals surface area contributed by atoms with Crippen LogP contribution in [0.3, 0.4) is 0 Å². The van der Waals surface area contributed by atoms with Gasteiger partial charge >= 0.3 is 0 Å². The SMILES string of the molecule is COc1cc2c(cc1OC)C(CC(=O)N1CCCC1)NCC2. The average molecular weight is 304 g/mol. The molecule has 1 unspecified atom stereocenters. The van der Waals surface area contributed by atoms with Crippen molar-refractivity contribution >= 4 is 5.91 Å². The van der Waals surface area contributed by atoms with Gasteiger partial charge < -0.3 is 19.7 Å². The quantitative estimate of drug-likeness (QED) is 0.923. The van der Waals surface area contributed by atoms with Gasteiger partial charge in [0.25, 0.3) is 0 Å². The number of methoxy groups -OCH3 is 2. The molecule has 1 N–H and O–H groups in total. The van der Waals surface area contributed by atoms with Crippen LogP contribution in [0.15, 0.2) is 12.1 Å². The van der Waals surface area contributed by atoms with E-state index in [9.17, 15) is 4.79 Å². The van der Waals surface area contributed by atoms with Crippen molar-refractivity contribution in [2.75, 3.05) is 33.9 Å². The van der Waals surface area contributed by atoms with Gasteiger partial charge in [0.1, 0.15) is 0 Å². The van der Waals surface area contributed by atoms with Crippen LogP contribution in [0.2, 0.25) is 0 Å². The summed E-state index contributed by atoms with van der Waals surface area (Å²) in [5.41, 5.74) is 2.41. The average Bonchev–Trinajstić information content (AvgIpc) is 3.08. The molecule has 5 heteroatoms. The van der Waals surface area contributed by atoms with Crippen molar-refractivity contribution in [3.05, 3.63) is 23.3 Å². The van der Waals surface area contributed by atoms with Crippen molar-refractivity contribution in [2.45, 2.75) is 31.7 Å². The van der Waals surface area contributed by atoms with Crippen LogP contribution in [0.25, 0.3) is 0 Å². The molecule has 2 aliphatic rings. The number of carbonyl (C=O) groups excluding carboxylic acids is 1. The minimum Gasteiger partial charge on any atom is -0.493 e. The molecule has 0 spiro atoms. The molecule has 1 fully saturated rings. The van der Waals surface area contributed by atoms with Crippen LogP contribution in [0, 0.1) is 0 Å². The second-order valence-corrected chi connectivity index (χ2v) is 5.95. The molecule has 1 saturated heterocycles. The van der Waals surface area contributed by atoms with Crippen molar-refractivity contribution in [3.8, 4) is 11.5 Å². The molecule has 0 aliphatic carbocycles. The second kappa shape index (κ2) is 6.57. The number of nitrogens with one attached hydrogen (secondary N) is 1. The minimum atomic E-state index is 0.0663. The number of amides is 1. The van der Waals surface area contributed by atoms with Crippen molar-refractivity contribution in [1.82, 2.24) is 10.2 Å². The van der Waals surface area contributed by atoms with Gasteiger partial charge in [-0.2, -0.15) is 0 Å². The zero-order valence-corrected chi connectivity index (χ0v) is 13.4. The van der Waals surface area contributed by atoms with E-state index in [2.05, 4.69) is 5.32 Å². The highest BCUT2D eigenvalue weighted by Crippen LogP contribution is 2.36. The molecule has 1 atom stereocenters. The number of likely N-dealkylation sites (tertiary alicyclic amines) is 1. The summed E-state index contributed by atoms with van der Waals surface area (Å²) < 4.78 is 10.8. The number of ether oxygens (including phenoxy) is 2. The summed E-state index contributed by atoms with van der Waals surface area (Å²) in [6, 6.07) is 4.13. The molecule has 1 aromatic rings. The highest BCUT2D eigenvalue weighted by Gasteiger charge is 2.27. The number of carbonyl (C=O) groups is 1. The molecule has 0 radical (unpaired) electrons. The lowest BCUT2D eigenvalue weighted by atomic mass is 9.91. The summed E-state index contributed by atoms with van der Waals surface area (Å²) in [6.07, 6.45) is 3.73.